The quantitative estimate of drug-likeness (QED) is 0.759. The molecule has 1 aliphatic carbocycles. The molecule has 3 nitrogen and oxygen atoms in total. The lowest BCUT2D eigenvalue weighted by Crippen LogP contribution is -2.16. The van der Waals surface area contributed by atoms with Gasteiger partial charge >= 0.3 is 0 Å². The van der Waals surface area contributed by atoms with E-state index >= 15 is 0 Å². The van der Waals surface area contributed by atoms with Crippen molar-refractivity contribution in [3.05, 3.63) is 24.2 Å². The molecule has 0 N–H and O–H groups in total. The van der Waals surface area contributed by atoms with E-state index in [0.717, 1.165) is 17.0 Å². The third kappa shape index (κ3) is 2.01. The van der Waals surface area contributed by atoms with Crippen molar-refractivity contribution < 1.29 is 0 Å². The van der Waals surface area contributed by atoms with Crippen LogP contribution in [0.25, 0.3) is 11.2 Å². The topological polar surface area (TPSA) is 30.7 Å². The standard InChI is InChI=1S/C14H18ClN3/c1-10(15)13-17-12-8-5-9-16-14(12)18(13)11-6-3-2-4-7-11/h5,8-11H,2-4,6-7H2,1H3. The summed E-state index contributed by atoms with van der Waals surface area (Å²) >= 11 is 6.29. The number of imidazole rings is 1. The Kier molecular flexibility index (Phi) is 3.25. The van der Waals surface area contributed by atoms with Crippen LogP contribution in [0.15, 0.2) is 18.3 Å². The third-order valence-corrected chi connectivity index (χ3v) is 3.97. The fraction of sp³-hybridized carbons (Fsp3) is 0.571. The van der Waals surface area contributed by atoms with Crippen LogP contribution < -0.4 is 0 Å². The highest BCUT2D eigenvalue weighted by Crippen LogP contribution is 2.34. The maximum atomic E-state index is 6.29. The van der Waals surface area contributed by atoms with Crippen LogP contribution in [0.3, 0.4) is 0 Å². The van der Waals surface area contributed by atoms with Gasteiger partial charge in [-0.05, 0) is 31.9 Å². The number of alkyl halides is 1. The summed E-state index contributed by atoms with van der Waals surface area (Å²) in [5.74, 6) is 0.970. The average Bonchev–Trinajstić information content (AvgIpc) is 2.79. The molecule has 3 rings (SSSR count). The Bertz CT molecular complexity index is 541. The summed E-state index contributed by atoms with van der Waals surface area (Å²) in [6, 6.07) is 4.48. The van der Waals surface area contributed by atoms with E-state index in [4.69, 9.17) is 11.6 Å². The predicted molar refractivity (Wildman–Crippen MR) is 73.9 cm³/mol. The van der Waals surface area contributed by atoms with E-state index in [1.165, 1.54) is 32.1 Å². The van der Waals surface area contributed by atoms with Crippen LogP contribution in [0.5, 0.6) is 0 Å². The summed E-state index contributed by atoms with van der Waals surface area (Å²) in [7, 11) is 0. The van der Waals surface area contributed by atoms with Gasteiger partial charge in [-0.1, -0.05) is 19.3 Å². The van der Waals surface area contributed by atoms with Gasteiger partial charge in [0.1, 0.15) is 11.3 Å². The Balaban J connectivity index is 2.14. The molecule has 4 heteroatoms. The van der Waals surface area contributed by atoms with Gasteiger partial charge in [0.2, 0.25) is 0 Å². The second-order valence-electron chi connectivity index (χ2n) is 5.09. The summed E-state index contributed by atoms with van der Waals surface area (Å²) in [5, 5.41) is -0.0684. The van der Waals surface area contributed by atoms with Gasteiger partial charge in [0.05, 0.1) is 5.38 Å². The molecule has 2 aromatic rings. The number of fused-ring (bicyclic) bond motifs is 1. The summed E-state index contributed by atoms with van der Waals surface area (Å²) < 4.78 is 2.28. The van der Waals surface area contributed by atoms with Crippen molar-refractivity contribution in [2.45, 2.75) is 50.4 Å². The van der Waals surface area contributed by atoms with Gasteiger partial charge in [-0.3, -0.25) is 0 Å². The zero-order chi connectivity index (χ0) is 12.5. The van der Waals surface area contributed by atoms with Crippen LogP contribution in [0.2, 0.25) is 0 Å². The van der Waals surface area contributed by atoms with Gasteiger partial charge in [-0.15, -0.1) is 11.6 Å². The van der Waals surface area contributed by atoms with Gasteiger partial charge in [0.15, 0.2) is 5.65 Å². The molecule has 2 heterocycles. The molecule has 1 atom stereocenters. The van der Waals surface area contributed by atoms with Crippen LogP contribution in [0, 0.1) is 0 Å². The lowest BCUT2D eigenvalue weighted by Gasteiger charge is -2.25. The van der Waals surface area contributed by atoms with Gasteiger partial charge in [0.25, 0.3) is 0 Å². The molecule has 2 aromatic heterocycles. The molecule has 18 heavy (non-hydrogen) atoms. The van der Waals surface area contributed by atoms with Crippen LogP contribution in [-0.2, 0) is 0 Å². The number of rotatable bonds is 2. The number of halogens is 1. The molecule has 0 spiro atoms. The van der Waals surface area contributed by atoms with E-state index in [9.17, 15) is 0 Å². The van der Waals surface area contributed by atoms with E-state index < -0.39 is 0 Å². The first-order valence-electron chi connectivity index (χ1n) is 6.74. The first-order valence-corrected chi connectivity index (χ1v) is 7.18. The Hall–Kier alpha value is -1.09. The number of hydrogen-bond donors (Lipinski definition) is 0. The third-order valence-electron chi connectivity index (χ3n) is 3.77. The molecule has 0 radical (unpaired) electrons. The monoisotopic (exact) mass is 263 g/mol. The first kappa shape index (κ1) is 12.0. The molecule has 0 aliphatic heterocycles. The zero-order valence-electron chi connectivity index (χ0n) is 10.6. The van der Waals surface area contributed by atoms with E-state index in [1.807, 2.05) is 25.3 Å². The largest absolute Gasteiger partial charge is 0.308 e. The fourth-order valence-corrected chi connectivity index (χ4v) is 3.08. The normalized spacial score (nSPS) is 19.2. The molecule has 1 aliphatic rings. The van der Waals surface area contributed by atoms with Crippen molar-refractivity contribution in [1.82, 2.24) is 14.5 Å². The van der Waals surface area contributed by atoms with Gasteiger partial charge in [-0.25, -0.2) is 9.97 Å². The summed E-state index contributed by atoms with van der Waals surface area (Å²) in [6.45, 7) is 1.99. The van der Waals surface area contributed by atoms with Crippen molar-refractivity contribution in [2.75, 3.05) is 0 Å². The molecule has 1 fully saturated rings. The van der Waals surface area contributed by atoms with Crippen molar-refractivity contribution in [2.24, 2.45) is 0 Å². The van der Waals surface area contributed by atoms with Gasteiger partial charge in [-0.2, -0.15) is 0 Å². The lowest BCUT2D eigenvalue weighted by molar-refractivity contribution is 0.351. The molecular weight excluding hydrogens is 246 g/mol. The van der Waals surface area contributed by atoms with Crippen LogP contribution in [0.4, 0.5) is 0 Å². The van der Waals surface area contributed by atoms with E-state index in [0.29, 0.717) is 6.04 Å². The molecule has 0 bridgehead atoms. The highest BCUT2D eigenvalue weighted by atomic mass is 35.5. The molecule has 96 valence electrons. The predicted octanol–water partition coefficient (Wildman–Crippen LogP) is 4.24. The fourth-order valence-electron chi connectivity index (χ4n) is 2.93. The summed E-state index contributed by atoms with van der Waals surface area (Å²) in [4.78, 5) is 9.16. The number of pyridine rings is 1. The van der Waals surface area contributed by atoms with E-state index in [-0.39, 0.29) is 5.38 Å². The van der Waals surface area contributed by atoms with Gasteiger partial charge in [0, 0.05) is 12.2 Å². The van der Waals surface area contributed by atoms with E-state index in [1.54, 1.807) is 0 Å². The van der Waals surface area contributed by atoms with Crippen molar-refractivity contribution in [1.29, 1.82) is 0 Å². The smallest absolute Gasteiger partial charge is 0.160 e. The van der Waals surface area contributed by atoms with Crippen molar-refractivity contribution in [3.63, 3.8) is 0 Å². The van der Waals surface area contributed by atoms with Gasteiger partial charge < -0.3 is 4.57 Å². The van der Waals surface area contributed by atoms with Crippen LogP contribution >= 0.6 is 11.6 Å². The molecule has 1 unspecified atom stereocenters. The molecule has 0 aromatic carbocycles. The lowest BCUT2D eigenvalue weighted by atomic mass is 9.95. The van der Waals surface area contributed by atoms with E-state index in [2.05, 4.69) is 14.5 Å². The minimum atomic E-state index is -0.0684. The second kappa shape index (κ2) is 4.88. The summed E-state index contributed by atoms with van der Waals surface area (Å²) in [6.07, 6.45) is 8.23. The SMILES string of the molecule is CC(Cl)c1nc2cccnc2n1C1CCCCC1. The highest BCUT2D eigenvalue weighted by Gasteiger charge is 2.23. The average molecular weight is 264 g/mol. The maximum absolute atomic E-state index is 6.29. The Labute approximate surface area is 112 Å². The number of nitrogens with zero attached hydrogens (tertiary/aromatic N) is 3. The zero-order valence-corrected chi connectivity index (χ0v) is 11.4. The van der Waals surface area contributed by atoms with Crippen LogP contribution in [0.1, 0.15) is 56.3 Å². The second-order valence-corrected chi connectivity index (χ2v) is 5.75. The number of hydrogen-bond acceptors (Lipinski definition) is 2. The Morgan fingerprint density at radius 3 is 2.83 bits per heavy atom. The highest BCUT2D eigenvalue weighted by molar-refractivity contribution is 6.20. The molecule has 0 amide bonds. The molecule has 1 saturated carbocycles. The van der Waals surface area contributed by atoms with Crippen molar-refractivity contribution in [3.8, 4) is 0 Å². The first-order chi connectivity index (χ1) is 8.77. The maximum Gasteiger partial charge on any atom is 0.160 e. The Morgan fingerprint density at radius 1 is 1.33 bits per heavy atom. The minimum absolute atomic E-state index is 0.0684. The molecule has 0 saturated heterocycles. The Morgan fingerprint density at radius 2 is 2.11 bits per heavy atom. The summed E-state index contributed by atoms with van der Waals surface area (Å²) in [5.41, 5.74) is 1.96. The van der Waals surface area contributed by atoms with Crippen molar-refractivity contribution >= 4 is 22.8 Å². The van der Waals surface area contributed by atoms with Crippen LogP contribution in [-0.4, -0.2) is 14.5 Å². The number of aromatic nitrogens is 3. The molecular formula is C14H18ClN3. The minimum Gasteiger partial charge on any atom is -0.308 e.